The van der Waals surface area contributed by atoms with E-state index < -0.39 is 8.80 Å². The topological polar surface area (TPSA) is 46.2 Å². The Kier molecular flexibility index (Phi) is 32.1. The summed E-state index contributed by atoms with van der Waals surface area (Å²) in [6.45, 7) is 10.9. The van der Waals surface area contributed by atoms with Gasteiger partial charge in [-0.2, -0.15) is 0 Å². The third-order valence-electron chi connectivity index (χ3n) is 2.23. The van der Waals surface area contributed by atoms with Gasteiger partial charge in [-0.25, -0.2) is 0 Å². The summed E-state index contributed by atoms with van der Waals surface area (Å²) in [4.78, 5) is 0. The van der Waals surface area contributed by atoms with Crippen LogP contribution in [0, 0.1) is 5.92 Å². The molecule has 0 radical (unpaired) electrons. The lowest BCUT2D eigenvalue weighted by Gasteiger charge is -2.28. The summed E-state index contributed by atoms with van der Waals surface area (Å²) in [6, 6.07) is 0. The maximum Gasteiger partial charge on any atom is 0.528 e. The number of hydrogen-bond acceptors (Lipinski definition) is 5. The van der Waals surface area contributed by atoms with Gasteiger partial charge in [0.25, 0.3) is 0 Å². The summed E-state index contributed by atoms with van der Waals surface area (Å²) in [5.41, 5.74) is 0. The van der Waals surface area contributed by atoms with E-state index >= 15 is 0 Å². The Balaban J connectivity index is -0.000000241. The van der Waals surface area contributed by atoms with Crippen LogP contribution in [0.25, 0.3) is 0 Å². The highest BCUT2D eigenvalue weighted by Crippen LogP contribution is 2.11. The SMILES string of the molecule is C.C.C.C.CCO[Si](COCC(C)COC)(OCC)OCC. The fourth-order valence-corrected chi connectivity index (χ4v) is 3.81. The van der Waals surface area contributed by atoms with E-state index in [1.807, 2.05) is 20.8 Å². The normalized spacial score (nSPS) is 11.3. The fourth-order valence-electron chi connectivity index (χ4n) is 1.63. The molecule has 142 valence electrons. The molecule has 0 aliphatic carbocycles. The molecule has 0 bridgehead atoms. The molecule has 22 heavy (non-hydrogen) atoms. The highest BCUT2D eigenvalue weighted by atomic mass is 28.4. The van der Waals surface area contributed by atoms with Gasteiger partial charge < -0.3 is 22.8 Å². The van der Waals surface area contributed by atoms with E-state index in [2.05, 4.69) is 6.92 Å². The van der Waals surface area contributed by atoms with Crippen molar-refractivity contribution >= 4 is 8.80 Å². The summed E-state index contributed by atoms with van der Waals surface area (Å²) in [5.74, 6) is 0.353. The van der Waals surface area contributed by atoms with E-state index in [4.69, 9.17) is 22.8 Å². The first-order valence-electron chi connectivity index (χ1n) is 6.62. The second kappa shape index (κ2) is 21.0. The van der Waals surface area contributed by atoms with Gasteiger partial charge in [-0.1, -0.05) is 36.6 Å². The quantitative estimate of drug-likeness (QED) is 0.490. The van der Waals surface area contributed by atoms with Crippen molar-refractivity contribution in [2.75, 3.05) is 46.4 Å². The molecular formula is C16H44O5Si. The lowest BCUT2D eigenvalue weighted by molar-refractivity contribution is 0.0160. The highest BCUT2D eigenvalue weighted by molar-refractivity contribution is 6.60. The molecule has 0 aliphatic rings. The summed E-state index contributed by atoms with van der Waals surface area (Å²) >= 11 is 0. The summed E-state index contributed by atoms with van der Waals surface area (Å²) < 4.78 is 27.8. The van der Waals surface area contributed by atoms with Gasteiger partial charge >= 0.3 is 8.80 Å². The average molecular weight is 345 g/mol. The molecule has 5 nitrogen and oxygen atoms in total. The number of hydrogen-bond donors (Lipinski definition) is 0. The van der Waals surface area contributed by atoms with Crippen molar-refractivity contribution < 1.29 is 22.8 Å². The zero-order chi connectivity index (χ0) is 13.9. The number of rotatable bonds is 12. The maximum absolute atomic E-state index is 5.69. The standard InChI is InChI=1S/C12H28O5Si.4CH4/c1-6-15-18(16-7-2,17-8-3)11-14-10-12(4)9-13-5;;;;/h12H,6-11H2,1-5H3;4*1H4. The van der Waals surface area contributed by atoms with Crippen LogP contribution in [0.5, 0.6) is 0 Å². The van der Waals surface area contributed by atoms with E-state index in [1.54, 1.807) is 7.11 Å². The predicted octanol–water partition coefficient (Wildman–Crippen LogP) is 4.42. The molecule has 0 N–H and O–H groups in total. The molecule has 0 aromatic carbocycles. The molecule has 0 aliphatic heterocycles. The second-order valence-electron chi connectivity index (χ2n) is 4.06. The number of ether oxygens (including phenoxy) is 2. The molecule has 0 saturated carbocycles. The minimum Gasteiger partial charge on any atom is -0.384 e. The first kappa shape index (κ1) is 33.6. The Labute approximate surface area is 142 Å². The van der Waals surface area contributed by atoms with Crippen LogP contribution in [0.4, 0.5) is 0 Å². The third kappa shape index (κ3) is 14.9. The highest BCUT2D eigenvalue weighted by Gasteiger charge is 2.41. The van der Waals surface area contributed by atoms with E-state index in [1.165, 1.54) is 0 Å². The Morgan fingerprint density at radius 2 is 1.18 bits per heavy atom. The smallest absolute Gasteiger partial charge is 0.384 e. The van der Waals surface area contributed by atoms with Crippen LogP contribution >= 0.6 is 0 Å². The molecule has 0 saturated heterocycles. The number of methoxy groups -OCH3 is 1. The van der Waals surface area contributed by atoms with Crippen LogP contribution in [0.1, 0.15) is 57.4 Å². The minimum absolute atomic E-state index is 0. The Morgan fingerprint density at radius 1 is 0.773 bits per heavy atom. The van der Waals surface area contributed by atoms with E-state index in [0.717, 1.165) is 0 Å². The Hall–Kier alpha value is 0.0169. The fraction of sp³-hybridized carbons (Fsp3) is 1.00. The van der Waals surface area contributed by atoms with Gasteiger partial charge in [0.2, 0.25) is 0 Å². The van der Waals surface area contributed by atoms with Gasteiger partial charge in [-0.3, -0.25) is 0 Å². The first-order chi connectivity index (χ1) is 8.64. The lowest BCUT2D eigenvalue weighted by atomic mass is 10.2. The first-order valence-corrected chi connectivity index (χ1v) is 8.55. The molecule has 0 aromatic heterocycles. The molecule has 1 unspecified atom stereocenters. The summed E-state index contributed by atoms with van der Waals surface area (Å²) in [6.07, 6.45) is 0.399. The predicted molar refractivity (Wildman–Crippen MR) is 99.4 cm³/mol. The van der Waals surface area contributed by atoms with Crippen molar-refractivity contribution in [2.45, 2.75) is 57.4 Å². The van der Waals surface area contributed by atoms with Crippen LogP contribution in [0.15, 0.2) is 0 Å². The van der Waals surface area contributed by atoms with Crippen molar-refractivity contribution in [3.8, 4) is 0 Å². The van der Waals surface area contributed by atoms with Crippen molar-refractivity contribution in [3.05, 3.63) is 0 Å². The minimum atomic E-state index is -2.65. The van der Waals surface area contributed by atoms with E-state index in [-0.39, 0.29) is 29.7 Å². The molecule has 0 aromatic rings. The molecule has 6 heteroatoms. The van der Waals surface area contributed by atoms with E-state index in [9.17, 15) is 0 Å². The molecule has 1 atom stereocenters. The van der Waals surface area contributed by atoms with Crippen molar-refractivity contribution in [3.63, 3.8) is 0 Å². The monoisotopic (exact) mass is 344 g/mol. The largest absolute Gasteiger partial charge is 0.528 e. The Morgan fingerprint density at radius 3 is 1.50 bits per heavy atom. The van der Waals surface area contributed by atoms with Crippen molar-refractivity contribution in [2.24, 2.45) is 5.92 Å². The molecule has 0 amide bonds. The molecular weight excluding hydrogens is 300 g/mol. The molecule has 0 spiro atoms. The summed E-state index contributed by atoms with van der Waals surface area (Å²) in [5, 5.41) is 0. The van der Waals surface area contributed by atoms with Gasteiger partial charge in [0.15, 0.2) is 0 Å². The van der Waals surface area contributed by atoms with Gasteiger partial charge in [0, 0.05) is 32.8 Å². The Bertz CT molecular complexity index is 176. The zero-order valence-corrected chi connectivity index (χ0v) is 13.4. The molecule has 0 fully saturated rings. The van der Waals surface area contributed by atoms with Crippen LogP contribution in [0.2, 0.25) is 0 Å². The van der Waals surface area contributed by atoms with Crippen molar-refractivity contribution in [1.29, 1.82) is 0 Å². The van der Waals surface area contributed by atoms with Gasteiger partial charge in [0.05, 0.1) is 13.2 Å². The van der Waals surface area contributed by atoms with Crippen LogP contribution in [-0.4, -0.2) is 55.2 Å². The second-order valence-corrected chi connectivity index (χ2v) is 6.58. The van der Waals surface area contributed by atoms with Crippen LogP contribution in [0.3, 0.4) is 0 Å². The van der Waals surface area contributed by atoms with Crippen LogP contribution < -0.4 is 0 Å². The van der Waals surface area contributed by atoms with Crippen LogP contribution in [-0.2, 0) is 22.8 Å². The van der Waals surface area contributed by atoms with Gasteiger partial charge in [-0.15, -0.1) is 0 Å². The van der Waals surface area contributed by atoms with Gasteiger partial charge in [0.1, 0.15) is 6.23 Å². The zero-order valence-electron chi connectivity index (χ0n) is 12.4. The average Bonchev–Trinajstić information content (AvgIpc) is 2.30. The van der Waals surface area contributed by atoms with Crippen molar-refractivity contribution in [1.82, 2.24) is 0 Å². The van der Waals surface area contributed by atoms with E-state index in [0.29, 0.717) is 45.2 Å². The third-order valence-corrected chi connectivity index (χ3v) is 4.97. The van der Waals surface area contributed by atoms with Gasteiger partial charge in [-0.05, 0) is 20.8 Å². The summed E-state index contributed by atoms with van der Waals surface area (Å²) in [7, 11) is -0.958. The molecule has 0 heterocycles. The lowest BCUT2D eigenvalue weighted by Crippen LogP contribution is -2.51. The maximum atomic E-state index is 5.69. The molecule has 0 rings (SSSR count).